The van der Waals surface area contributed by atoms with Gasteiger partial charge in [-0.15, -0.1) is 10.2 Å². The first kappa shape index (κ1) is 11.0. The number of nitrogens with zero attached hydrogens (tertiary/aromatic N) is 3. The molecule has 4 nitrogen and oxygen atoms in total. The van der Waals surface area contributed by atoms with E-state index < -0.39 is 0 Å². The number of hydrogen-bond acceptors (Lipinski definition) is 4. The molecule has 18 heavy (non-hydrogen) atoms. The summed E-state index contributed by atoms with van der Waals surface area (Å²) in [4.78, 5) is 2.23. The van der Waals surface area contributed by atoms with Gasteiger partial charge in [0.05, 0.1) is 0 Å². The summed E-state index contributed by atoms with van der Waals surface area (Å²) in [6.45, 7) is 0.982. The number of aromatic nitrogens is 2. The summed E-state index contributed by atoms with van der Waals surface area (Å²) in [6, 6.07) is 12.2. The predicted molar refractivity (Wildman–Crippen MR) is 72.8 cm³/mol. The van der Waals surface area contributed by atoms with Crippen molar-refractivity contribution in [3.05, 3.63) is 42.0 Å². The Labute approximate surface area is 106 Å². The zero-order chi connectivity index (χ0) is 12.4. The highest BCUT2D eigenvalue weighted by Gasteiger charge is 2.17. The van der Waals surface area contributed by atoms with Gasteiger partial charge in [-0.25, -0.2) is 0 Å². The number of nitrogens with two attached hydrogens (primary N) is 1. The Kier molecular flexibility index (Phi) is 2.84. The fraction of sp³-hybridized carbons (Fsp3) is 0.286. The average molecular weight is 240 g/mol. The van der Waals surface area contributed by atoms with E-state index in [-0.39, 0.29) is 0 Å². The molecule has 0 amide bonds. The summed E-state index contributed by atoms with van der Waals surface area (Å²) >= 11 is 0. The highest BCUT2D eigenvalue weighted by atomic mass is 15.3. The fourth-order valence-corrected chi connectivity index (χ4v) is 2.41. The monoisotopic (exact) mass is 240 g/mol. The normalized spacial score (nSPS) is 15.0. The number of benzene rings is 1. The molecule has 0 saturated carbocycles. The molecule has 0 atom stereocenters. The Bertz CT molecular complexity index is 536. The van der Waals surface area contributed by atoms with Crippen molar-refractivity contribution < 1.29 is 0 Å². The van der Waals surface area contributed by atoms with E-state index in [9.17, 15) is 0 Å². The molecular formula is C14H16N4. The molecule has 0 radical (unpaired) electrons. The molecule has 4 heteroatoms. The van der Waals surface area contributed by atoms with Gasteiger partial charge in [-0.3, -0.25) is 0 Å². The Morgan fingerprint density at radius 2 is 1.89 bits per heavy atom. The van der Waals surface area contributed by atoms with Crippen LogP contribution in [0.25, 0.3) is 0 Å². The van der Waals surface area contributed by atoms with Crippen molar-refractivity contribution in [2.24, 2.45) is 0 Å². The molecule has 1 aliphatic rings. The van der Waals surface area contributed by atoms with Crippen molar-refractivity contribution in [2.45, 2.75) is 19.3 Å². The minimum Gasteiger partial charge on any atom is -0.382 e. The summed E-state index contributed by atoms with van der Waals surface area (Å²) in [6.07, 6.45) is 3.52. The summed E-state index contributed by atoms with van der Waals surface area (Å²) in [5.41, 5.74) is 8.22. The Hall–Kier alpha value is -2.10. The molecule has 1 aromatic heterocycles. The van der Waals surface area contributed by atoms with Gasteiger partial charge in [0.15, 0.2) is 5.82 Å². The van der Waals surface area contributed by atoms with Crippen LogP contribution in [0.1, 0.15) is 18.4 Å². The lowest BCUT2D eigenvalue weighted by atomic mass is 10.1. The van der Waals surface area contributed by atoms with Crippen LogP contribution < -0.4 is 10.6 Å². The summed E-state index contributed by atoms with van der Waals surface area (Å²) in [5, 5.41) is 8.14. The topological polar surface area (TPSA) is 55.0 Å². The van der Waals surface area contributed by atoms with Crippen LogP contribution in [0.2, 0.25) is 0 Å². The van der Waals surface area contributed by atoms with Crippen LogP contribution in [0.5, 0.6) is 0 Å². The standard InChI is InChI=1S/C14H16N4/c15-13-8-9-14(17-16-13)18-10-4-3-6-11-5-1-2-7-12(11)18/h1-2,5,7-9H,3-4,6,10H2,(H2,15,16). The molecule has 0 saturated heterocycles. The van der Waals surface area contributed by atoms with Gasteiger partial charge in [0.25, 0.3) is 0 Å². The molecule has 0 fully saturated rings. The molecule has 0 unspecified atom stereocenters. The predicted octanol–water partition coefficient (Wildman–Crippen LogP) is 2.53. The largest absolute Gasteiger partial charge is 0.382 e. The number of aryl methyl sites for hydroxylation is 1. The Morgan fingerprint density at radius 3 is 2.72 bits per heavy atom. The molecule has 92 valence electrons. The number of fused-ring (bicyclic) bond motifs is 1. The molecule has 2 heterocycles. The second-order valence-corrected chi connectivity index (χ2v) is 4.55. The third-order valence-corrected chi connectivity index (χ3v) is 3.31. The minimum absolute atomic E-state index is 0.460. The Balaban J connectivity index is 2.03. The minimum atomic E-state index is 0.460. The first-order chi connectivity index (χ1) is 8.84. The van der Waals surface area contributed by atoms with Crippen molar-refractivity contribution in [2.75, 3.05) is 17.2 Å². The molecule has 2 aromatic rings. The molecule has 0 bridgehead atoms. The molecule has 0 aliphatic carbocycles. The van der Waals surface area contributed by atoms with E-state index in [4.69, 9.17) is 5.73 Å². The Morgan fingerprint density at radius 1 is 1.00 bits per heavy atom. The third kappa shape index (κ3) is 2.01. The molecule has 0 spiro atoms. The fourth-order valence-electron chi connectivity index (χ4n) is 2.41. The van der Waals surface area contributed by atoms with E-state index in [0.29, 0.717) is 5.82 Å². The van der Waals surface area contributed by atoms with Crippen molar-refractivity contribution >= 4 is 17.3 Å². The highest BCUT2D eigenvalue weighted by molar-refractivity contribution is 5.64. The van der Waals surface area contributed by atoms with Crippen LogP contribution in [0.4, 0.5) is 17.3 Å². The van der Waals surface area contributed by atoms with Crippen LogP contribution >= 0.6 is 0 Å². The quantitative estimate of drug-likeness (QED) is 0.832. The van der Waals surface area contributed by atoms with Crippen LogP contribution in [0.15, 0.2) is 36.4 Å². The van der Waals surface area contributed by atoms with E-state index in [2.05, 4.69) is 39.4 Å². The van der Waals surface area contributed by atoms with Crippen molar-refractivity contribution in [1.29, 1.82) is 0 Å². The lowest BCUT2D eigenvalue weighted by molar-refractivity contribution is 0.755. The van der Waals surface area contributed by atoms with Crippen LogP contribution in [0.3, 0.4) is 0 Å². The van der Waals surface area contributed by atoms with E-state index in [1.54, 1.807) is 6.07 Å². The van der Waals surface area contributed by atoms with Crippen LogP contribution in [-0.4, -0.2) is 16.7 Å². The van der Waals surface area contributed by atoms with Crippen LogP contribution in [-0.2, 0) is 6.42 Å². The lowest BCUT2D eigenvalue weighted by Crippen LogP contribution is -2.19. The second-order valence-electron chi connectivity index (χ2n) is 4.55. The number of nitrogen functional groups attached to an aromatic ring is 1. The van der Waals surface area contributed by atoms with Crippen molar-refractivity contribution in [1.82, 2.24) is 10.2 Å². The van der Waals surface area contributed by atoms with Crippen molar-refractivity contribution in [3.8, 4) is 0 Å². The van der Waals surface area contributed by atoms with Gasteiger partial charge in [-0.2, -0.15) is 0 Å². The van der Waals surface area contributed by atoms with Crippen molar-refractivity contribution in [3.63, 3.8) is 0 Å². The number of anilines is 3. The smallest absolute Gasteiger partial charge is 0.155 e. The lowest BCUT2D eigenvalue weighted by Gasteiger charge is -2.23. The molecule has 3 rings (SSSR count). The van der Waals surface area contributed by atoms with E-state index in [1.807, 2.05) is 6.07 Å². The number of rotatable bonds is 1. The molecular weight excluding hydrogens is 224 g/mol. The van der Waals surface area contributed by atoms with Gasteiger partial charge >= 0.3 is 0 Å². The maximum absolute atomic E-state index is 5.59. The van der Waals surface area contributed by atoms with Gasteiger partial charge in [0, 0.05) is 12.2 Å². The number of hydrogen-bond donors (Lipinski definition) is 1. The highest BCUT2D eigenvalue weighted by Crippen LogP contribution is 2.31. The molecule has 1 aliphatic heterocycles. The second kappa shape index (κ2) is 4.64. The van der Waals surface area contributed by atoms with E-state index in [0.717, 1.165) is 18.8 Å². The van der Waals surface area contributed by atoms with Gasteiger partial charge in [-0.1, -0.05) is 18.2 Å². The number of para-hydroxylation sites is 1. The van der Waals surface area contributed by atoms with Gasteiger partial charge in [0.1, 0.15) is 5.82 Å². The van der Waals surface area contributed by atoms with Gasteiger partial charge in [0.2, 0.25) is 0 Å². The maximum atomic E-state index is 5.59. The maximum Gasteiger partial charge on any atom is 0.155 e. The molecule has 2 N–H and O–H groups in total. The molecule has 1 aromatic carbocycles. The SMILES string of the molecule is Nc1ccc(N2CCCCc3ccccc32)nn1. The van der Waals surface area contributed by atoms with Crippen LogP contribution in [0, 0.1) is 0 Å². The zero-order valence-electron chi connectivity index (χ0n) is 10.2. The van der Waals surface area contributed by atoms with E-state index in [1.165, 1.54) is 24.1 Å². The van der Waals surface area contributed by atoms with Gasteiger partial charge < -0.3 is 10.6 Å². The summed E-state index contributed by atoms with van der Waals surface area (Å²) < 4.78 is 0. The zero-order valence-corrected chi connectivity index (χ0v) is 10.2. The first-order valence-electron chi connectivity index (χ1n) is 6.29. The van der Waals surface area contributed by atoms with E-state index >= 15 is 0 Å². The summed E-state index contributed by atoms with van der Waals surface area (Å²) in [5.74, 6) is 1.33. The summed E-state index contributed by atoms with van der Waals surface area (Å²) in [7, 11) is 0. The average Bonchev–Trinajstić information content (AvgIpc) is 2.62. The third-order valence-electron chi connectivity index (χ3n) is 3.31. The first-order valence-corrected chi connectivity index (χ1v) is 6.29. The van der Waals surface area contributed by atoms with Gasteiger partial charge in [-0.05, 0) is 43.0 Å².